The second-order valence-corrected chi connectivity index (χ2v) is 15.9. The van der Waals surface area contributed by atoms with Crippen LogP contribution >= 0.6 is 0 Å². The lowest BCUT2D eigenvalue weighted by Gasteiger charge is -2.46. The molecular weight excluding hydrogens is 1070 g/mol. The molecule has 1 heterocycles. The summed E-state index contributed by atoms with van der Waals surface area (Å²) < 4.78 is 343. The Morgan fingerprint density at radius 2 is 0.676 bits per heavy atom. The molecule has 30 heteroatoms. The minimum Gasteiger partial charge on any atom is -0.264 e. The third-order valence-corrected chi connectivity index (χ3v) is 10.8. The summed E-state index contributed by atoms with van der Waals surface area (Å²) >= 11 is 0. The molecule has 0 N–H and O–H groups in total. The van der Waals surface area contributed by atoms with E-state index < -0.39 is 195 Å². The first-order chi connectivity index (χ1) is 33.5. The molecule has 0 atom stereocenters. The van der Waals surface area contributed by atoms with E-state index in [4.69, 9.17) is 0 Å². The van der Waals surface area contributed by atoms with Gasteiger partial charge in [0, 0.05) is 10.5 Å². The minimum atomic E-state index is -6.13. The molecule has 1 aromatic heterocycles. The molecule has 0 saturated heterocycles. The smallest absolute Gasteiger partial charge is 0.264 e. The number of aromatic nitrogens is 2. The Bertz CT molecular complexity index is 2550. The summed E-state index contributed by atoms with van der Waals surface area (Å²) in [6, 6.07) is 1.11. The summed E-state index contributed by atoms with van der Waals surface area (Å²) in [6.07, 6.45) is -49.7. The number of nitrogens with zero attached hydrogens (tertiary/aromatic N) is 3. The number of hydrogen-bond acceptors (Lipinski definition) is 3. The summed E-state index contributed by atoms with van der Waals surface area (Å²) in [7, 11) is 0. The third kappa shape index (κ3) is 13.8. The van der Waals surface area contributed by atoms with E-state index in [1.165, 1.54) is 0 Å². The molecule has 5 aromatic carbocycles. The average molecular weight is 1090 g/mol. The lowest BCUT2D eigenvalue weighted by Crippen LogP contribution is -2.75. The van der Waals surface area contributed by atoms with Crippen LogP contribution in [-0.4, -0.2) is 16.1 Å². The monoisotopic (exact) mass is 1090 g/mol. The lowest BCUT2D eigenvalue weighted by atomic mass is 9.12. The third-order valence-electron chi connectivity index (χ3n) is 10.8. The lowest BCUT2D eigenvalue weighted by molar-refractivity contribution is -0.690. The first-order valence-electron chi connectivity index (χ1n) is 19.9. The maximum Gasteiger partial charge on any atom is 0.416 e. The van der Waals surface area contributed by atoms with Gasteiger partial charge in [-0.05, 0) is 24.3 Å². The second-order valence-electron chi connectivity index (χ2n) is 15.9. The summed E-state index contributed by atoms with van der Waals surface area (Å²) in [5, 5.41) is 10.4. The fraction of sp³-hybridized carbons (Fsp3) is 0.227. The van der Waals surface area contributed by atoms with E-state index in [-0.39, 0.29) is 11.5 Å². The van der Waals surface area contributed by atoms with Gasteiger partial charge in [-0.3, -0.25) is 10.1 Å². The van der Waals surface area contributed by atoms with Gasteiger partial charge in [0.15, 0.2) is 24.6 Å². The van der Waals surface area contributed by atoms with Crippen molar-refractivity contribution in [1.29, 1.82) is 0 Å². The first-order valence-corrected chi connectivity index (χ1v) is 19.9. The highest BCUT2D eigenvalue weighted by Gasteiger charge is 2.47. The number of alkyl halides is 24. The highest BCUT2D eigenvalue weighted by Crippen LogP contribution is 2.41. The van der Waals surface area contributed by atoms with Crippen LogP contribution in [0.15, 0.2) is 122 Å². The number of benzene rings is 5. The van der Waals surface area contributed by atoms with Crippen LogP contribution in [0.2, 0.25) is 0 Å². The van der Waals surface area contributed by atoms with E-state index in [0.29, 0.717) is 12.2 Å². The molecule has 0 saturated carbocycles. The van der Waals surface area contributed by atoms with Gasteiger partial charge in [0.2, 0.25) is 0 Å². The van der Waals surface area contributed by atoms with Crippen molar-refractivity contribution < 1.29 is 115 Å². The minimum absolute atomic E-state index is 0.240. The van der Waals surface area contributed by atoms with Crippen molar-refractivity contribution in [3.63, 3.8) is 0 Å². The van der Waals surface area contributed by atoms with Gasteiger partial charge < -0.3 is 0 Å². The molecule has 74 heavy (non-hydrogen) atoms. The van der Waals surface area contributed by atoms with E-state index >= 15 is 0 Å². The van der Waals surface area contributed by atoms with Gasteiger partial charge in [-0.15, -0.1) is 0 Å². The van der Waals surface area contributed by atoms with Crippen molar-refractivity contribution in [3.8, 4) is 0 Å². The zero-order valence-electron chi connectivity index (χ0n) is 35.8. The fourth-order valence-corrected chi connectivity index (χ4v) is 7.66. The molecule has 0 fully saturated rings. The second kappa shape index (κ2) is 20.0. The molecular formula is C44H24BF24N3O2. The number of hydrogen-bond donors (Lipinski definition) is 0. The summed E-state index contributed by atoms with van der Waals surface area (Å²) in [4.78, 5) is 14.0. The van der Waals surface area contributed by atoms with Crippen LogP contribution in [0, 0.1) is 10.1 Å². The van der Waals surface area contributed by atoms with Crippen LogP contribution in [0.1, 0.15) is 55.8 Å². The Balaban J connectivity index is 0.000000500. The Labute approximate surface area is 397 Å². The Morgan fingerprint density at radius 3 is 0.905 bits per heavy atom. The van der Waals surface area contributed by atoms with Crippen molar-refractivity contribution >= 4 is 28.0 Å². The zero-order chi connectivity index (χ0) is 56.0. The largest absolute Gasteiger partial charge is 0.416 e. The molecule has 0 spiro atoms. The quantitative estimate of drug-likeness (QED) is 0.0502. The number of nitro groups is 1. The Morgan fingerprint density at radius 1 is 0.419 bits per heavy atom. The van der Waals surface area contributed by atoms with Crippen molar-refractivity contribution in [3.05, 3.63) is 188 Å². The molecule has 0 aliphatic rings. The number of halogens is 24. The van der Waals surface area contributed by atoms with Gasteiger partial charge in [0.05, 0.1) is 50.7 Å². The first kappa shape index (κ1) is 57.9. The van der Waals surface area contributed by atoms with Crippen LogP contribution < -0.4 is 26.4 Å². The van der Waals surface area contributed by atoms with Crippen LogP contribution in [0.5, 0.6) is 0 Å². The maximum atomic E-state index is 14.2. The molecule has 6 rings (SSSR count). The summed E-state index contributed by atoms with van der Waals surface area (Å²) in [6.45, 7) is 0.448. The molecule has 5 nitrogen and oxygen atoms in total. The van der Waals surface area contributed by atoms with E-state index in [1.807, 2.05) is 34.9 Å². The van der Waals surface area contributed by atoms with Crippen LogP contribution in [0.3, 0.4) is 0 Å². The van der Waals surface area contributed by atoms with Gasteiger partial charge in [-0.1, -0.05) is 78.9 Å². The van der Waals surface area contributed by atoms with Gasteiger partial charge in [-0.25, -0.2) is 4.98 Å². The molecule has 398 valence electrons. The van der Waals surface area contributed by atoms with E-state index in [0.717, 1.165) is 5.56 Å². The molecule has 6 aromatic rings. The predicted octanol–water partition coefficient (Wildman–Crippen LogP) is 12.4. The standard InChI is InChI=1S/C32H12BF24.C12H12N3O2/c34-25(35,36)13-1-14(26(37,38)39)6-21(5-13)33(22-7-15(27(40,41)42)2-16(8-22)28(43,44)45,23-9-17(29(46,47)48)3-18(10-23)30(49,50)51)24-11-19(31(52,53)54)4-20(12-24)32(55,56)57;16-15(17)10-12-9-14(7-6-13-12)8-11-4-2-1-3-5-11/h1-12H;1-7,9H,8,10H2/q-1;+1. The molecule has 0 unspecified atom stereocenters. The molecule has 0 bridgehead atoms. The van der Waals surface area contributed by atoms with Gasteiger partial charge >= 0.3 is 49.4 Å². The summed E-state index contributed by atoms with van der Waals surface area (Å²) in [5.74, 6) is 0. The van der Waals surface area contributed by atoms with Crippen LogP contribution in [0.25, 0.3) is 0 Å². The van der Waals surface area contributed by atoms with Gasteiger partial charge in [0.1, 0.15) is 6.15 Å². The van der Waals surface area contributed by atoms with E-state index in [9.17, 15) is 115 Å². The predicted molar refractivity (Wildman–Crippen MR) is 211 cm³/mol. The normalized spacial score (nSPS) is 13.4. The molecule has 0 amide bonds. The highest BCUT2D eigenvalue weighted by atomic mass is 19.4. The topological polar surface area (TPSA) is 59.9 Å². The Hall–Kier alpha value is -7.04. The Kier molecular flexibility index (Phi) is 15.6. The SMILES string of the molecule is FC(F)(F)c1cc([B-](c2cc(C(F)(F)F)cc(C(F)(F)F)c2)(c2cc(C(F)(F)F)cc(C(F)(F)F)c2)c2cc(C(F)(F)F)cc(C(F)(F)F)c2)cc(C(F)(F)F)c1.O=[N+]([O-])Cc1c[n+](Cc2ccccc2)ccn1. The molecule has 0 radical (unpaired) electrons. The van der Waals surface area contributed by atoms with Gasteiger partial charge in [-0.2, -0.15) is 132 Å². The van der Waals surface area contributed by atoms with Crippen LogP contribution in [0.4, 0.5) is 105 Å². The van der Waals surface area contributed by atoms with Gasteiger partial charge in [0.25, 0.3) is 6.54 Å². The van der Waals surface area contributed by atoms with Crippen molar-refractivity contribution in [2.24, 2.45) is 0 Å². The number of rotatable bonds is 8. The highest BCUT2D eigenvalue weighted by molar-refractivity contribution is 7.20. The molecule has 0 aliphatic carbocycles. The van der Waals surface area contributed by atoms with Crippen LogP contribution in [-0.2, 0) is 62.5 Å². The summed E-state index contributed by atoms with van der Waals surface area (Å²) in [5.41, 5.74) is -28.6. The molecule has 0 aliphatic heterocycles. The maximum absolute atomic E-state index is 14.2. The van der Waals surface area contributed by atoms with Crippen molar-refractivity contribution in [2.45, 2.75) is 62.5 Å². The van der Waals surface area contributed by atoms with E-state index in [1.54, 1.807) is 18.6 Å². The van der Waals surface area contributed by atoms with Crippen molar-refractivity contribution in [1.82, 2.24) is 4.98 Å². The van der Waals surface area contributed by atoms with Crippen molar-refractivity contribution in [2.75, 3.05) is 0 Å². The fourth-order valence-electron chi connectivity index (χ4n) is 7.66. The average Bonchev–Trinajstić information content (AvgIpc) is 3.24. The zero-order valence-corrected chi connectivity index (χ0v) is 35.8. The van der Waals surface area contributed by atoms with E-state index in [2.05, 4.69) is 4.98 Å².